The molecule has 0 bridgehead atoms. The molecule has 0 aromatic heterocycles. The summed E-state index contributed by atoms with van der Waals surface area (Å²) in [5.74, 6) is -1.00. The summed E-state index contributed by atoms with van der Waals surface area (Å²) < 4.78 is 11.1. The summed E-state index contributed by atoms with van der Waals surface area (Å²) in [6.07, 6.45) is 1.58. The van der Waals surface area contributed by atoms with E-state index in [1.54, 1.807) is 26.2 Å². The van der Waals surface area contributed by atoms with E-state index in [1.807, 2.05) is 0 Å². The number of anilines is 1. The van der Waals surface area contributed by atoms with Crippen LogP contribution in [0.1, 0.15) is 22.8 Å². The topological polar surface area (TPSA) is 95.5 Å². The second kappa shape index (κ2) is 7.04. The second-order valence-corrected chi connectivity index (χ2v) is 6.28. The number of carbonyl (C=O) groups is 2. The van der Waals surface area contributed by atoms with E-state index in [9.17, 15) is 13.8 Å². The van der Waals surface area contributed by atoms with Crippen LogP contribution in [0, 0.1) is 6.92 Å². The SMILES string of the molecule is Cc1cc(NC(=O)NCC(C)S(C)=O)ccc1C(=O)O. The minimum Gasteiger partial charge on any atom is -0.478 e. The number of aromatic carboxylic acids is 1. The minimum atomic E-state index is -1.00. The highest BCUT2D eigenvalue weighted by molar-refractivity contribution is 7.84. The first-order chi connectivity index (χ1) is 9.31. The predicted octanol–water partition coefficient (Wildman–Crippen LogP) is 1.58. The molecule has 2 atom stereocenters. The van der Waals surface area contributed by atoms with Crippen molar-refractivity contribution in [2.24, 2.45) is 0 Å². The van der Waals surface area contributed by atoms with Gasteiger partial charge in [0.05, 0.1) is 5.56 Å². The van der Waals surface area contributed by atoms with Crippen molar-refractivity contribution in [2.75, 3.05) is 18.1 Å². The quantitative estimate of drug-likeness (QED) is 0.769. The highest BCUT2D eigenvalue weighted by Gasteiger charge is 2.10. The number of rotatable bonds is 5. The Balaban J connectivity index is 2.61. The molecule has 1 rings (SSSR count). The Morgan fingerprint density at radius 2 is 2.05 bits per heavy atom. The third kappa shape index (κ3) is 4.65. The number of hydrogen-bond donors (Lipinski definition) is 3. The number of carboxylic acids is 1. The lowest BCUT2D eigenvalue weighted by molar-refractivity contribution is 0.0696. The van der Waals surface area contributed by atoms with Crippen LogP contribution in [-0.4, -0.2) is 39.4 Å². The van der Waals surface area contributed by atoms with Gasteiger partial charge < -0.3 is 15.7 Å². The monoisotopic (exact) mass is 298 g/mol. The summed E-state index contributed by atoms with van der Waals surface area (Å²) >= 11 is 0. The molecule has 1 aromatic rings. The van der Waals surface area contributed by atoms with Crippen LogP contribution in [0.2, 0.25) is 0 Å². The van der Waals surface area contributed by atoms with E-state index >= 15 is 0 Å². The van der Waals surface area contributed by atoms with Crippen molar-refractivity contribution in [2.45, 2.75) is 19.1 Å². The van der Waals surface area contributed by atoms with Crippen LogP contribution in [0.5, 0.6) is 0 Å². The van der Waals surface area contributed by atoms with Gasteiger partial charge in [0.15, 0.2) is 0 Å². The lowest BCUT2D eigenvalue weighted by Crippen LogP contribution is -2.35. The highest BCUT2D eigenvalue weighted by atomic mass is 32.2. The fraction of sp³-hybridized carbons (Fsp3) is 0.385. The fourth-order valence-corrected chi connectivity index (χ4v) is 1.83. The first kappa shape index (κ1) is 16.2. The molecule has 1 aromatic carbocycles. The van der Waals surface area contributed by atoms with Crippen LogP contribution in [0.4, 0.5) is 10.5 Å². The summed E-state index contributed by atoms with van der Waals surface area (Å²) in [6.45, 7) is 3.75. The third-order valence-corrected chi connectivity index (χ3v) is 4.13. The Hall–Kier alpha value is -1.89. The Labute approximate surface area is 120 Å². The van der Waals surface area contributed by atoms with Crippen molar-refractivity contribution in [1.29, 1.82) is 0 Å². The van der Waals surface area contributed by atoms with Crippen LogP contribution in [0.15, 0.2) is 18.2 Å². The predicted molar refractivity (Wildman–Crippen MR) is 78.7 cm³/mol. The fourth-order valence-electron chi connectivity index (χ4n) is 1.51. The number of aryl methyl sites for hydroxylation is 1. The van der Waals surface area contributed by atoms with Gasteiger partial charge in [-0.3, -0.25) is 4.21 Å². The van der Waals surface area contributed by atoms with Crippen LogP contribution in [-0.2, 0) is 10.8 Å². The molecule has 0 heterocycles. The Morgan fingerprint density at radius 3 is 2.55 bits per heavy atom. The summed E-state index contributed by atoms with van der Waals surface area (Å²) in [5.41, 5.74) is 1.28. The van der Waals surface area contributed by atoms with Gasteiger partial charge in [0.25, 0.3) is 0 Å². The van der Waals surface area contributed by atoms with Crippen molar-refractivity contribution in [3.05, 3.63) is 29.3 Å². The molecule has 0 fully saturated rings. The van der Waals surface area contributed by atoms with E-state index in [0.29, 0.717) is 17.8 Å². The summed E-state index contributed by atoms with van der Waals surface area (Å²) in [6, 6.07) is 4.14. The zero-order valence-corrected chi connectivity index (χ0v) is 12.4. The van der Waals surface area contributed by atoms with Gasteiger partial charge in [-0.1, -0.05) is 0 Å². The van der Waals surface area contributed by atoms with Crippen molar-refractivity contribution in [3.63, 3.8) is 0 Å². The van der Waals surface area contributed by atoms with Crippen molar-refractivity contribution in [3.8, 4) is 0 Å². The standard InChI is InChI=1S/C13H18N2O4S/c1-8-6-10(4-5-11(8)12(16)17)15-13(18)14-7-9(2)20(3)19/h4-6,9H,7H2,1-3H3,(H,16,17)(H2,14,15,18). The number of urea groups is 1. The normalized spacial score (nSPS) is 13.3. The average Bonchev–Trinajstić information content (AvgIpc) is 2.35. The van der Waals surface area contributed by atoms with E-state index < -0.39 is 22.8 Å². The molecule has 3 N–H and O–H groups in total. The van der Waals surface area contributed by atoms with Crippen molar-refractivity contribution >= 4 is 28.5 Å². The lowest BCUT2D eigenvalue weighted by Gasteiger charge is -2.12. The van der Waals surface area contributed by atoms with Gasteiger partial charge in [0.1, 0.15) is 0 Å². The molecule has 6 nitrogen and oxygen atoms in total. The van der Waals surface area contributed by atoms with Gasteiger partial charge in [-0.15, -0.1) is 0 Å². The summed E-state index contributed by atoms with van der Waals surface area (Å²) in [4.78, 5) is 22.5. The molecule has 2 unspecified atom stereocenters. The average molecular weight is 298 g/mol. The zero-order chi connectivity index (χ0) is 15.3. The van der Waals surface area contributed by atoms with Crippen molar-refractivity contribution in [1.82, 2.24) is 5.32 Å². The Morgan fingerprint density at radius 1 is 1.40 bits per heavy atom. The molecule has 0 saturated carbocycles. The van der Waals surface area contributed by atoms with Crippen LogP contribution in [0.3, 0.4) is 0 Å². The summed E-state index contributed by atoms with van der Waals surface area (Å²) in [5, 5.41) is 14.0. The van der Waals surface area contributed by atoms with Gasteiger partial charge >= 0.3 is 12.0 Å². The van der Waals surface area contributed by atoms with E-state index in [-0.39, 0.29) is 10.8 Å². The van der Waals surface area contributed by atoms with Gasteiger partial charge in [-0.25, -0.2) is 9.59 Å². The molecule has 0 spiro atoms. The van der Waals surface area contributed by atoms with E-state index in [1.165, 1.54) is 12.1 Å². The van der Waals surface area contributed by atoms with E-state index in [0.717, 1.165) is 0 Å². The maximum atomic E-state index is 11.6. The number of amides is 2. The van der Waals surface area contributed by atoms with E-state index in [4.69, 9.17) is 5.11 Å². The zero-order valence-electron chi connectivity index (χ0n) is 11.6. The number of benzene rings is 1. The second-order valence-electron chi connectivity index (χ2n) is 4.48. The number of carbonyl (C=O) groups excluding carboxylic acids is 1. The third-order valence-electron chi connectivity index (χ3n) is 2.83. The molecule has 0 saturated heterocycles. The summed E-state index contributed by atoms with van der Waals surface area (Å²) in [7, 11) is -0.993. The van der Waals surface area contributed by atoms with Crippen LogP contribution < -0.4 is 10.6 Å². The minimum absolute atomic E-state index is 0.128. The molecular formula is C13H18N2O4S. The molecule has 2 amide bonds. The Bertz CT molecular complexity index is 545. The number of carboxylic acid groups (broad SMARTS) is 1. The van der Waals surface area contributed by atoms with Gasteiger partial charge in [-0.05, 0) is 37.6 Å². The van der Waals surface area contributed by atoms with Crippen molar-refractivity contribution < 1.29 is 18.9 Å². The molecule has 20 heavy (non-hydrogen) atoms. The molecule has 7 heteroatoms. The first-order valence-electron chi connectivity index (χ1n) is 6.02. The molecular weight excluding hydrogens is 280 g/mol. The smallest absolute Gasteiger partial charge is 0.335 e. The molecule has 110 valence electrons. The van der Waals surface area contributed by atoms with Crippen LogP contribution >= 0.6 is 0 Å². The maximum absolute atomic E-state index is 11.6. The largest absolute Gasteiger partial charge is 0.478 e. The lowest BCUT2D eigenvalue weighted by atomic mass is 10.1. The molecule has 0 aliphatic carbocycles. The molecule has 0 aliphatic rings. The van der Waals surface area contributed by atoms with Gasteiger partial charge in [0.2, 0.25) is 0 Å². The number of hydrogen-bond acceptors (Lipinski definition) is 3. The molecule has 0 aliphatic heterocycles. The molecule has 0 radical (unpaired) electrons. The van der Waals surface area contributed by atoms with E-state index in [2.05, 4.69) is 10.6 Å². The van der Waals surface area contributed by atoms with Crippen LogP contribution in [0.25, 0.3) is 0 Å². The Kier molecular flexibility index (Phi) is 5.69. The first-order valence-corrected chi connectivity index (χ1v) is 7.64. The van der Waals surface area contributed by atoms with Gasteiger partial charge in [0, 0.05) is 34.5 Å². The van der Waals surface area contributed by atoms with Gasteiger partial charge in [-0.2, -0.15) is 0 Å². The number of nitrogens with one attached hydrogen (secondary N) is 2. The maximum Gasteiger partial charge on any atom is 0.335 e. The highest BCUT2D eigenvalue weighted by Crippen LogP contribution is 2.15.